The lowest BCUT2D eigenvalue weighted by molar-refractivity contribution is 0.0979. The highest BCUT2D eigenvalue weighted by Crippen LogP contribution is 2.22. The van der Waals surface area contributed by atoms with Gasteiger partial charge in [-0.3, -0.25) is 4.79 Å². The summed E-state index contributed by atoms with van der Waals surface area (Å²) in [6.45, 7) is 3.44. The Balaban J connectivity index is 1.58. The van der Waals surface area contributed by atoms with Gasteiger partial charge in [0.15, 0.2) is 4.80 Å². The molecule has 1 aliphatic rings. The zero-order chi connectivity index (χ0) is 25.7. The Labute approximate surface area is 216 Å². The van der Waals surface area contributed by atoms with Gasteiger partial charge in [0.2, 0.25) is 10.0 Å². The van der Waals surface area contributed by atoms with E-state index in [1.165, 1.54) is 45.5 Å². The minimum Gasteiger partial charge on any atom is -0.377 e. The third kappa shape index (κ3) is 5.79. The first kappa shape index (κ1) is 26.3. The van der Waals surface area contributed by atoms with Gasteiger partial charge < -0.3 is 9.30 Å². The fourth-order valence-corrected chi connectivity index (χ4v) is 6.55. The summed E-state index contributed by atoms with van der Waals surface area (Å²) >= 11 is 1.43. The van der Waals surface area contributed by atoms with Crippen molar-refractivity contribution < 1.29 is 17.9 Å². The van der Waals surface area contributed by atoms with E-state index in [1.54, 1.807) is 7.05 Å². The predicted molar refractivity (Wildman–Crippen MR) is 142 cm³/mol. The number of aromatic nitrogens is 1. The molecular weight excluding hydrogens is 494 g/mol. The molecule has 0 N–H and O–H groups in total. The Hall–Kier alpha value is -2.77. The number of rotatable bonds is 9. The van der Waals surface area contributed by atoms with Crippen LogP contribution in [0.25, 0.3) is 10.2 Å². The SMILES string of the molecule is C#CCn1c(=NC(=O)c2ccc(S(=O)(=O)N(C)CC3CCCO3)cc2)sc2cc(CCCC)ccc21. The monoisotopic (exact) mass is 525 g/mol. The van der Waals surface area contributed by atoms with Gasteiger partial charge in [0.1, 0.15) is 0 Å². The van der Waals surface area contributed by atoms with Gasteiger partial charge in [-0.2, -0.15) is 9.30 Å². The molecule has 1 fully saturated rings. The van der Waals surface area contributed by atoms with Gasteiger partial charge in [-0.25, -0.2) is 8.42 Å². The van der Waals surface area contributed by atoms with Crippen molar-refractivity contribution in [2.45, 2.75) is 56.6 Å². The van der Waals surface area contributed by atoms with Gasteiger partial charge in [-0.05, 0) is 67.6 Å². The number of nitrogens with zero attached hydrogens (tertiary/aromatic N) is 3. The molecule has 1 aromatic heterocycles. The molecule has 1 unspecified atom stereocenters. The van der Waals surface area contributed by atoms with Crippen molar-refractivity contribution in [3.63, 3.8) is 0 Å². The highest BCUT2D eigenvalue weighted by Gasteiger charge is 2.26. The van der Waals surface area contributed by atoms with E-state index in [1.807, 2.05) is 10.6 Å². The second-order valence-electron chi connectivity index (χ2n) is 8.94. The lowest BCUT2D eigenvalue weighted by atomic mass is 10.1. The molecule has 0 aliphatic carbocycles. The fraction of sp³-hybridized carbons (Fsp3) is 0.407. The molecule has 0 bridgehead atoms. The number of benzene rings is 2. The number of hydrogen-bond acceptors (Lipinski definition) is 5. The third-order valence-corrected chi connectivity index (χ3v) is 9.19. The molecule has 2 heterocycles. The number of likely N-dealkylation sites (N-methyl/N-ethyl adjacent to an activating group) is 1. The van der Waals surface area contributed by atoms with Crippen LogP contribution in [0, 0.1) is 12.3 Å². The van der Waals surface area contributed by atoms with Gasteiger partial charge in [-0.15, -0.1) is 6.42 Å². The second kappa shape index (κ2) is 11.5. The van der Waals surface area contributed by atoms with Crippen LogP contribution in [0.3, 0.4) is 0 Å². The topological polar surface area (TPSA) is 81.0 Å². The summed E-state index contributed by atoms with van der Waals surface area (Å²) in [6, 6.07) is 12.2. The number of carbonyl (C=O) groups excluding carboxylic acids is 1. The van der Waals surface area contributed by atoms with Crippen LogP contribution in [0.2, 0.25) is 0 Å². The summed E-state index contributed by atoms with van der Waals surface area (Å²) in [7, 11) is -2.14. The molecule has 2 aromatic carbocycles. The first-order valence-electron chi connectivity index (χ1n) is 12.2. The zero-order valence-corrected chi connectivity index (χ0v) is 22.3. The summed E-state index contributed by atoms with van der Waals surface area (Å²) in [5.74, 6) is 2.19. The Morgan fingerprint density at radius 2 is 2.06 bits per heavy atom. The third-order valence-electron chi connectivity index (χ3n) is 6.31. The van der Waals surface area contributed by atoms with E-state index in [0.29, 0.717) is 30.1 Å². The minimum atomic E-state index is -3.68. The number of aryl methyl sites for hydroxylation is 1. The maximum Gasteiger partial charge on any atom is 0.279 e. The van der Waals surface area contributed by atoms with Crippen LogP contribution in [-0.4, -0.2) is 49.5 Å². The standard InChI is InChI=1S/C27H31N3O4S2/c1-4-6-8-20-10-15-24-25(18-20)35-27(30(24)16-5-2)28-26(31)21-11-13-23(14-12-21)36(32,33)29(3)19-22-9-7-17-34-22/h2,10-15,18,22H,4,6-9,16-17,19H2,1,3H3. The van der Waals surface area contributed by atoms with Crippen LogP contribution in [-0.2, 0) is 27.7 Å². The minimum absolute atomic E-state index is 0.0804. The Morgan fingerprint density at radius 3 is 2.72 bits per heavy atom. The fourth-order valence-electron chi connectivity index (χ4n) is 4.26. The first-order chi connectivity index (χ1) is 17.3. The molecule has 190 valence electrons. The van der Waals surface area contributed by atoms with Crippen LogP contribution in [0.4, 0.5) is 0 Å². The Morgan fingerprint density at radius 1 is 1.28 bits per heavy atom. The molecule has 1 aliphatic heterocycles. The molecule has 0 spiro atoms. The quantitative estimate of drug-likeness (QED) is 0.392. The smallest absolute Gasteiger partial charge is 0.279 e. The van der Waals surface area contributed by atoms with Gasteiger partial charge in [-0.1, -0.05) is 36.7 Å². The van der Waals surface area contributed by atoms with Crippen LogP contribution in [0.5, 0.6) is 0 Å². The summed E-state index contributed by atoms with van der Waals surface area (Å²) in [5, 5.41) is 0. The zero-order valence-electron chi connectivity index (χ0n) is 20.6. The molecule has 1 atom stereocenters. The van der Waals surface area contributed by atoms with Crippen LogP contribution < -0.4 is 4.80 Å². The normalized spacial score (nSPS) is 16.6. The van der Waals surface area contributed by atoms with Crippen LogP contribution in [0.1, 0.15) is 48.5 Å². The van der Waals surface area contributed by atoms with E-state index < -0.39 is 15.9 Å². The lowest BCUT2D eigenvalue weighted by Crippen LogP contribution is -2.34. The number of hydrogen-bond donors (Lipinski definition) is 0. The van der Waals surface area contributed by atoms with E-state index in [-0.39, 0.29) is 11.0 Å². The van der Waals surface area contributed by atoms with Crippen LogP contribution >= 0.6 is 11.3 Å². The van der Waals surface area contributed by atoms with E-state index in [9.17, 15) is 13.2 Å². The number of terminal acetylenes is 1. The molecule has 7 nitrogen and oxygen atoms in total. The first-order valence-corrected chi connectivity index (χ1v) is 14.4. The van der Waals surface area contributed by atoms with Crippen LogP contribution in [0.15, 0.2) is 52.4 Å². The largest absolute Gasteiger partial charge is 0.377 e. The number of sulfonamides is 1. The summed E-state index contributed by atoms with van der Waals surface area (Å²) < 4.78 is 35.6. The number of amides is 1. The van der Waals surface area contributed by atoms with E-state index in [4.69, 9.17) is 11.2 Å². The van der Waals surface area contributed by atoms with E-state index >= 15 is 0 Å². The summed E-state index contributed by atoms with van der Waals surface area (Å²) in [5.41, 5.74) is 2.50. The highest BCUT2D eigenvalue weighted by atomic mass is 32.2. The average Bonchev–Trinajstić information content (AvgIpc) is 3.50. The Kier molecular flexibility index (Phi) is 8.42. The predicted octanol–water partition coefficient (Wildman–Crippen LogP) is 4.22. The number of fused-ring (bicyclic) bond motifs is 1. The lowest BCUT2D eigenvalue weighted by Gasteiger charge is -2.20. The molecular formula is C27H31N3O4S2. The number of ether oxygens (including phenoxy) is 1. The maximum absolute atomic E-state index is 13.0. The maximum atomic E-state index is 13.0. The molecule has 0 radical (unpaired) electrons. The van der Waals surface area contributed by atoms with Gasteiger partial charge >= 0.3 is 0 Å². The highest BCUT2D eigenvalue weighted by molar-refractivity contribution is 7.89. The molecule has 36 heavy (non-hydrogen) atoms. The molecule has 4 rings (SSSR count). The molecule has 3 aromatic rings. The summed E-state index contributed by atoms with van der Waals surface area (Å²) in [4.78, 5) is 18.0. The van der Waals surface area contributed by atoms with Crippen molar-refractivity contribution in [3.8, 4) is 12.3 Å². The second-order valence-corrected chi connectivity index (χ2v) is 12.0. The Bertz CT molecular complexity index is 1440. The van der Waals surface area contributed by atoms with Gasteiger partial charge in [0, 0.05) is 25.8 Å². The van der Waals surface area contributed by atoms with Crippen molar-refractivity contribution in [3.05, 3.63) is 58.4 Å². The number of thiazole rings is 1. The van der Waals surface area contributed by atoms with Crippen molar-refractivity contribution >= 4 is 37.5 Å². The van der Waals surface area contributed by atoms with E-state index in [2.05, 4.69) is 30.0 Å². The van der Waals surface area contributed by atoms with Crippen molar-refractivity contribution in [2.75, 3.05) is 20.2 Å². The molecule has 0 saturated carbocycles. The van der Waals surface area contributed by atoms with Crippen molar-refractivity contribution in [2.24, 2.45) is 4.99 Å². The van der Waals surface area contributed by atoms with E-state index in [0.717, 1.165) is 42.3 Å². The van der Waals surface area contributed by atoms with Crippen molar-refractivity contribution in [1.82, 2.24) is 8.87 Å². The molecule has 1 saturated heterocycles. The van der Waals surface area contributed by atoms with Gasteiger partial charge in [0.25, 0.3) is 5.91 Å². The van der Waals surface area contributed by atoms with Crippen molar-refractivity contribution in [1.29, 1.82) is 0 Å². The number of carbonyl (C=O) groups is 1. The van der Waals surface area contributed by atoms with Gasteiger partial charge in [0.05, 0.1) is 27.8 Å². The average molecular weight is 526 g/mol. The number of unbranched alkanes of at least 4 members (excludes halogenated alkanes) is 1. The summed E-state index contributed by atoms with van der Waals surface area (Å²) in [6.07, 6.45) is 10.6. The molecule has 9 heteroatoms. The molecule has 1 amide bonds.